The number of nitrogens with one attached hydrogen (secondary N) is 1. The van der Waals surface area contributed by atoms with E-state index in [2.05, 4.69) is 15.6 Å². The number of carboxylic acid groups (broad SMARTS) is 1. The van der Waals surface area contributed by atoms with E-state index in [1.165, 1.54) is 10.9 Å². The zero-order chi connectivity index (χ0) is 12.9. The van der Waals surface area contributed by atoms with Crippen molar-refractivity contribution in [3.8, 4) is 0 Å². The Bertz CT molecular complexity index is 377. The van der Waals surface area contributed by atoms with Gasteiger partial charge in [0.05, 0.1) is 19.2 Å². The van der Waals surface area contributed by atoms with Crippen molar-refractivity contribution in [2.45, 2.75) is 19.1 Å². The van der Waals surface area contributed by atoms with Gasteiger partial charge in [0.25, 0.3) is 0 Å². The first-order valence-corrected chi connectivity index (χ1v) is 4.79. The van der Waals surface area contributed by atoms with Crippen molar-refractivity contribution in [3.63, 3.8) is 0 Å². The van der Waals surface area contributed by atoms with Crippen molar-refractivity contribution in [1.29, 1.82) is 0 Å². The number of nitrogens with zero attached hydrogens (tertiary/aromatic N) is 3. The number of halogens is 3. The fourth-order valence-electron chi connectivity index (χ4n) is 1.05. The predicted octanol–water partition coefficient (Wildman–Crippen LogP) is 0.518. The Morgan fingerprint density at radius 1 is 1.47 bits per heavy atom. The third-order valence-electron chi connectivity index (χ3n) is 1.86. The maximum absolute atomic E-state index is 11.8. The van der Waals surface area contributed by atoms with Crippen LogP contribution in [-0.4, -0.2) is 45.3 Å². The lowest BCUT2D eigenvalue weighted by Crippen LogP contribution is -2.25. The third kappa shape index (κ3) is 5.29. The van der Waals surface area contributed by atoms with Gasteiger partial charge in [0.1, 0.15) is 0 Å². The van der Waals surface area contributed by atoms with Crippen LogP contribution < -0.4 is 5.32 Å². The van der Waals surface area contributed by atoms with Crippen LogP contribution in [-0.2, 0) is 6.54 Å². The van der Waals surface area contributed by atoms with Crippen LogP contribution in [0.3, 0.4) is 0 Å². The van der Waals surface area contributed by atoms with Gasteiger partial charge >= 0.3 is 12.1 Å². The molecule has 0 fully saturated rings. The molecule has 1 rings (SSSR count). The molecule has 17 heavy (non-hydrogen) atoms. The summed E-state index contributed by atoms with van der Waals surface area (Å²) in [5.41, 5.74) is -0.194. The summed E-state index contributed by atoms with van der Waals surface area (Å²) in [5, 5.41) is 18.0. The first-order valence-electron chi connectivity index (χ1n) is 4.79. The Morgan fingerprint density at radius 3 is 2.71 bits per heavy atom. The van der Waals surface area contributed by atoms with Crippen LogP contribution in [0.15, 0.2) is 6.20 Å². The number of carboxylic acids is 1. The van der Waals surface area contributed by atoms with Crippen LogP contribution in [0.2, 0.25) is 0 Å². The normalized spacial score (nSPS) is 11.7. The summed E-state index contributed by atoms with van der Waals surface area (Å²) in [6.45, 7) is 0.348. The van der Waals surface area contributed by atoms with Gasteiger partial charge < -0.3 is 10.4 Å². The summed E-state index contributed by atoms with van der Waals surface area (Å²) in [6, 6.07) is 0. The van der Waals surface area contributed by atoms with Crippen molar-refractivity contribution in [2.75, 3.05) is 13.1 Å². The smallest absolute Gasteiger partial charge is 0.390 e. The summed E-state index contributed by atoms with van der Waals surface area (Å²) in [4.78, 5) is 10.4. The summed E-state index contributed by atoms with van der Waals surface area (Å²) >= 11 is 0. The first kappa shape index (κ1) is 13.4. The number of hydrogen-bond donors (Lipinski definition) is 2. The zero-order valence-corrected chi connectivity index (χ0v) is 8.74. The third-order valence-corrected chi connectivity index (χ3v) is 1.86. The minimum Gasteiger partial charge on any atom is -0.476 e. The number of aromatic carboxylic acids is 1. The standard InChI is InChI=1S/C8H11F3N4O2/c9-8(10,11)1-2-12-3-4-15-5-6(7(16)17)13-14-15/h5,12H,1-4H2,(H,16,17). The number of hydrogen-bond acceptors (Lipinski definition) is 4. The SMILES string of the molecule is O=C(O)c1cn(CCNCCC(F)(F)F)nn1. The van der Waals surface area contributed by atoms with E-state index >= 15 is 0 Å². The maximum atomic E-state index is 11.8. The molecular weight excluding hydrogens is 241 g/mol. The number of alkyl halides is 3. The van der Waals surface area contributed by atoms with Crippen LogP contribution in [0.25, 0.3) is 0 Å². The van der Waals surface area contributed by atoms with Gasteiger partial charge in [0.2, 0.25) is 0 Å². The van der Waals surface area contributed by atoms with Gasteiger partial charge in [0, 0.05) is 13.1 Å². The van der Waals surface area contributed by atoms with Crippen molar-refractivity contribution in [2.24, 2.45) is 0 Å². The molecule has 0 spiro atoms. The molecule has 0 aliphatic carbocycles. The monoisotopic (exact) mass is 252 g/mol. The van der Waals surface area contributed by atoms with Gasteiger partial charge in [-0.3, -0.25) is 4.68 Å². The molecular formula is C8H11F3N4O2. The zero-order valence-electron chi connectivity index (χ0n) is 8.74. The van der Waals surface area contributed by atoms with Crippen molar-refractivity contribution in [3.05, 3.63) is 11.9 Å². The van der Waals surface area contributed by atoms with Crippen LogP contribution in [0.4, 0.5) is 13.2 Å². The lowest BCUT2D eigenvalue weighted by molar-refractivity contribution is -0.133. The lowest BCUT2D eigenvalue weighted by atomic mass is 10.4. The van der Waals surface area contributed by atoms with E-state index in [1.54, 1.807) is 0 Å². The molecule has 0 saturated heterocycles. The Hall–Kier alpha value is -1.64. The lowest BCUT2D eigenvalue weighted by Gasteiger charge is -2.07. The van der Waals surface area contributed by atoms with Crippen LogP contribution in [0.5, 0.6) is 0 Å². The Morgan fingerprint density at radius 2 is 2.18 bits per heavy atom. The molecule has 96 valence electrons. The van der Waals surface area contributed by atoms with Crippen LogP contribution in [0.1, 0.15) is 16.9 Å². The second-order valence-corrected chi connectivity index (χ2v) is 3.29. The highest BCUT2D eigenvalue weighted by Crippen LogP contribution is 2.17. The van der Waals surface area contributed by atoms with Crippen LogP contribution in [0, 0.1) is 0 Å². The van der Waals surface area contributed by atoms with E-state index < -0.39 is 18.6 Å². The second kappa shape index (κ2) is 5.62. The summed E-state index contributed by atoms with van der Waals surface area (Å²) < 4.78 is 36.5. The van der Waals surface area contributed by atoms with Gasteiger partial charge in [0.15, 0.2) is 5.69 Å². The van der Waals surface area contributed by atoms with E-state index in [4.69, 9.17) is 5.11 Å². The molecule has 0 unspecified atom stereocenters. The highest BCUT2D eigenvalue weighted by atomic mass is 19.4. The van der Waals surface area contributed by atoms with E-state index in [1.807, 2.05) is 0 Å². The molecule has 0 aromatic carbocycles. The Balaban J connectivity index is 2.20. The van der Waals surface area contributed by atoms with Gasteiger partial charge in [-0.25, -0.2) is 4.79 Å². The van der Waals surface area contributed by atoms with E-state index in [0.717, 1.165) is 0 Å². The maximum Gasteiger partial charge on any atom is 0.390 e. The molecule has 9 heteroatoms. The minimum absolute atomic E-state index is 0.177. The average molecular weight is 252 g/mol. The number of rotatable bonds is 6. The highest BCUT2D eigenvalue weighted by molar-refractivity contribution is 5.84. The molecule has 0 bridgehead atoms. The van der Waals surface area contributed by atoms with Crippen molar-refractivity contribution >= 4 is 5.97 Å². The van der Waals surface area contributed by atoms with E-state index in [9.17, 15) is 18.0 Å². The molecule has 2 N–H and O–H groups in total. The van der Waals surface area contributed by atoms with E-state index in [-0.39, 0.29) is 25.3 Å². The topological polar surface area (TPSA) is 80.0 Å². The summed E-state index contributed by atoms with van der Waals surface area (Å²) in [6.07, 6.45) is -3.85. The second-order valence-electron chi connectivity index (χ2n) is 3.29. The van der Waals surface area contributed by atoms with E-state index in [0.29, 0.717) is 0 Å². The van der Waals surface area contributed by atoms with Crippen LogP contribution >= 0.6 is 0 Å². The van der Waals surface area contributed by atoms with Gasteiger partial charge in [-0.05, 0) is 0 Å². The number of carbonyl (C=O) groups is 1. The molecule has 0 radical (unpaired) electrons. The minimum atomic E-state index is -4.17. The predicted molar refractivity (Wildman–Crippen MR) is 50.5 cm³/mol. The molecule has 1 aromatic rings. The fourth-order valence-corrected chi connectivity index (χ4v) is 1.05. The molecule has 0 aliphatic heterocycles. The number of aromatic nitrogens is 3. The summed E-state index contributed by atoms with van der Waals surface area (Å²) in [5.74, 6) is -1.19. The fraction of sp³-hybridized carbons (Fsp3) is 0.625. The molecule has 0 atom stereocenters. The van der Waals surface area contributed by atoms with Gasteiger partial charge in [-0.2, -0.15) is 13.2 Å². The summed E-state index contributed by atoms with van der Waals surface area (Å²) in [7, 11) is 0. The molecule has 1 aromatic heterocycles. The molecule has 0 saturated carbocycles. The van der Waals surface area contributed by atoms with Crippen molar-refractivity contribution < 1.29 is 23.1 Å². The molecule has 0 aliphatic rings. The van der Waals surface area contributed by atoms with Gasteiger partial charge in [-0.15, -0.1) is 5.10 Å². The van der Waals surface area contributed by atoms with Crippen molar-refractivity contribution in [1.82, 2.24) is 20.3 Å². The Kier molecular flexibility index (Phi) is 4.44. The van der Waals surface area contributed by atoms with Gasteiger partial charge in [-0.1, -0.05) is 5.21 Å². The Labute approximate surface area is 94.4 Å². The largest absolute Gasteiger partial charge is 0.476 e. The average Bonchev–Trinajstić information content (AvgIpc) is 2.64. The molecule has 1 heterocycles. The molecule has 0 amide bonds. The molecule has 6 nitrogen and oxygen atoms in total. The highest BCUT2D eigenvalue weighted by Gasteiger charge is 2.25. The first-order chi connectivity index (χ1) is 7.88. The quantitative estimate of drug-likeness (QED) is 0.721.